The molecule has 3 aromatic carbocycles. The van der Waals surface area contributed by atoms with Gasteiger partial charge in [-0.1, -0.05) is 53.5 Å². The average Bonchev–Trinajstić information content (AvgIpc) is 3.14. The molecule has 0 atom stereocenters. The molecule has 4 rings (SSSR count). The van der Waals surface area contributed by atoms with Gasteiger partial charge in [-0.2, -0.15) is 5.10 Å². The molecule has 0 spiro atoms. The van der Waals surface area contributed by atoms with E-state index >= 15 is 0 Å². The van der Waals surface area contributed by atoms with Crippen molar-refractivity contribution in [3.8, 4) is 0 Å². The van der Waals surface area contributed by atoms with E-state index in [9.17, 15) is 13.2 Å². The molecule has 1 amide bonds. The van der Waals surface area contributed by atoms with Crippen molar-refractivity contribution in [2.45, 2.75) is 12.8 Å². The van der Waals surface area contributed by atoms with Gasteiger partial charge >= 0.3 is 0 Å². The Labute approximate surface area is 190 Å². The van der Waals surface area contributed by atoms with Crippen LogP contribution in [0.25, 0.3) is 10.8 Å². The first-order valence-electron chi connectivity index (χ1n) is 9.52. The number of halogens is 2. The van der Waals surface area contributed by atoms with Gasteiger partial charge in [0.1, 0.15) is 6.54 Å². The third-order valence-corrected chi connectivity index (χ3v) is 7.06. The van der Waals surface area contributed by atoms with E-state index in [0.29, 0.717) is 5.02 Å². The van der Waals surface area contributed by atoms with E-state index in [-0.39, 0.29) is 10.7 Å². The van der Waals surface area contributed by atoms with E-state index in [0.717, 1.165) is 34.4 Å². The standard InChI is InChI=1S/C22H19Cl2N3O3S/c1-31(29,30)27(17-9-10-19(23)20(24)11-17)13-21(28)26-25-12-16-8-7-15-6-5-14-3-2-4-18(16)22(14)15/h2-4,7-12H,5-6,13H2,1H3,(H,26,28)/b25-12-. The maximum Gasteiger partial charge on any atom is 0.260 e. The van der Waals surface area contributed by atoms with E-state index in [1.54, 1.807) is 6.21 Å². The van der Waals surface area contributed by atoms with Crippen LogP contribution in [-0.2, 0) is 27.7 Å². The number of carbonyl (C=O) groups is 1. The summed E-state index contributed by atoms with van der Waals surface area (Å²) in [4.78, 5) is 12.4. The van der Waals surface area contributed by atoms with Gasteiger partial charge in [-0.05, 0) is 52.9 Å². The van der Waals surface area contributed by atoms with Gasteiger partial charge in [0, 0.05) is 5.56 Å². The topological polar surface area (TPSA) is 78.8 Å². The first kappa shape index (κ1) is 21.6. The zero-order valence-corrected chi connectivity index (χ0v) is 18.9. The largest absolute Gasteiger partial charge is 0.271 e. The number of nitrogens with zero attached hydrogens (tertiary/aromatic N) is 2. The van der Waals surface area contributed by atoms with Crippen LogP contribution in [0.2, 0.25) is 10.0 Å². The Hall–Kier alpha value is -2.61. The smallest absolute Gasteiger partial charge is 0.260 e. The minimum Gasteiger partial charge on any atom is -0.271 e. The summed E-state index contributed by atoms with van der Waals surface area (Å²) in [6.45, 7) is -0.446. The second kappa shape index (κ2) is 8.49. The summed E-state index contributed by atoms with van der Waals surface area (Å²) in [6.07, 6.45) is 4.64. The summed E-state index contributed by atoms with van der Waals surface area (Å²) in [5.41, 5.74) is 6.16. The number of hydrazone groups is 1. The van der Waals surface area contributed by atoms with Crippen LogP contribution in [0.4, 0.5) is 5.69 Å². The van der Waals surface area contributed by atoms with Gasteiger partial charge in [-0.15, -0.1) is 0 Å². The zero-order chi connectivity index (χ0) is 22.2. The Balaban J connectivity index is 1.51. The maximum absolute atomic E-state index is 12.4. The number of carbonyl (C=O) groups excluding carboxylic acids is 1. The van der Waals surface area contributed by atoms with Crippen molar-refractivity contribution >= 4 is 61.8 Å². The minimum absolute atomic E-state index is 0.193. The molecule has 0 fully saturated rings. The van der Waals surface area contributed by atoms with Crippen molar-refractivity contribution < 1.29 is 13.2 Å². The van der Waals surface area contributed by atoms with Crippen LogP contribution in [-0.4, -0.2) is 33.3 Å². The predicted molar refractivity (Wildman–Crippen MR) is 126 cm³/mol. The summed E-state index contributed by atoms with van der Waals surface area (Å²) < 4.78 is 25.4. The summed E-state index contributed by atoms with van der Waals surface area (Å²) in [5, 5.41) is 6.85. The van der Waals surface area contributed by atoms with Crippen LogP contribution in [0.1, 0.15) is 16.7 Å². The van der Waals surface area contributed by atoms with Gasteiger partial charge in [0.05, 0.1) is 28.2 Å². The van der Waals surface area contributed by atoms with Crippen molar-refractivity contribution in [3.05, 3.63) is 75.3 Å². The van der Waals surface area contributed by atoms with Crippen molar-refractivity contribution in [2.24, 2.45) is 5.10 Å². The summed E-state index contributed by atoms with van der Waals surface area (Å²) in [6, 6.07) is 14.6. The highest BCUT2D eigenvalue weighted by Gasteiger charge is 2.21. The number of rotatable bonds is 6. The van der Waals surface area contributed by atoms with E-state index in [1.165, 1.54) is 34.7 Å². The molecular weight excluding hydrogens is 457 g/mol. The van der Waals surface area contributed by atoms with Gasteiger partial charge < -0.3 is 0 Å². The molecule has 0 aromatic heterocycles. The molecule has 0 bridgehead atoms. The number of anilines is 1. The molecule has 0 saturated carbocycles. The van der Waals surface area contributed by atoms with Crippen molar-refractivity contribution in [2.75, 3.05) is 17.1 Å². The molecule has 6 nitrogen and oxygen atoms in total. The van der Waals surface area contributed by atoms with Crippen LogP contribution >= 0.6 is 23.2 Å². The van der Waals surface area contributed by atoms with Crippen molar-refractivity contribution in [3.63, 3.8) is 0 Å². The zero-order valence-electron chi connectivity index (χ0n) is 16.6. The van der Waals surface area contributed by atoms with E-state index in [1.807, 2.05) is 18.2 Å². The molecule has 0 radical (unpaired) electrons. The Morgan fingerprint density at radius 3 is 2.55 bits per heavy atom. The SMILES string of the molecule is CS(=O)(=O)N(CC(=O)N/N=C\c1ccc2c3c(cccc13)CC2)c1ccc(Cl)c(Cl)c1. The Morgan fingerprint density at radius 1 is 1.10 bits per heavy atom. The quantitative estimate of drug-likeness (QED) is 0.429. The number of benzene rings is 3. The molecule has 31 heavy (non-hydrogen) atoms. The van der Waals surface area contributed by atoms with Crippen LogP contribution in [0, 0.1) is 0 Å². The Bertz CT molecular complexity index is 1310. The molecule has 1 aliphatic carbocycles. The van der Waals surface area contributed by atoms with Gasteiger partial charge in [0.2, 0.25) is 10.0 Å². The number of aryl methyl sites for hydroxylation is 2. The molecule has 1 N–H and O–H groups in total. The molecule has 0 heterocycles. The third kappa shape index (κ3) is 4.54. The van der Waals surface area contributed by atoms with E-state index in [2.05, 4.69) is 22.7 Å². The lowest BCUT2D eigenvalue weighted by Crippen LogP contribution is -2.39. The normalized spacial score (nSPS) is 13.1. The predicted octanol–water partition coefficient (Wildman–Crippen LogP) is 4.16. The molecule has 3 aromatic rings. The first-order valence-corrected chi connectivity index (χ1v) is 12.1. The number of hydrogen-bond donors (Lipinski definition) is 1. The number of amides is 1. The lowest BCUT2D eigenvalue weighted by Gasteiger charge is -2.21. The van der Waals surface area contributed by atoms with Gasteiger partial charge in [-0.3, -0.25) is 9.10 Å². The molecule has 0 unspecified atom stereocenters. The molecule has 160 valence electrons. The number of sulfonamides is 1. The van der Waals surface area contributed by atoms with Crippen LogP contribution in [0.3, 0.4) is 0 Å². The van der Waals surface area contributed by atoms with Gasteiger partial charge in [0.25, 0.3) is 5.91 Å². The summed E-state index contributed by atoms with van der Waals surface area (Å²) >= 11 is 11.9. The Kier molecular flexibility index (Phi) is 5.92. The fraction of sp³-hybridized carbons (Fsp3) is 0.182. The lowest BCUT2D eigenvalue weighted by atomic mass is 10.0. The molecular formula is C22H19Cl2N3O3S. The Morgan fingerprint density at radius 2 is 1.84 bits per heavy atom. The monoisotopic (exact) mass is 475 g/mol. The summed E-state index contributed by atoms with van der Waals surface area (Å²) in [5.74, 6) is -0.585. The highest BCUT2D eigenvalue weighted by Crippen LogP contribution is 2.32. The number of hydrogen-bond acceptors (Lipinski definition) is 4. The molecule has 0 saturated heterocycles. The highest BCUT2D eigenvalue weighted by molar-refractivity contribution is 7.92. The second-order valence-corrected chi connectivity index (χ2v) is 10.0. The van der Waals surface area contributed by atoms with Gasteiger partial charge in [0.15, 0.2) is 0 Å². The van der Waals surface area contributed by atoms with Crippen LogP contribution in [0.5, 0.6) is 0 Å². The van der Waals surface area contributed by atoms with Gasteiger partial charge in [-0.25, -0.2) is 13.8 Å². The van der Waals surface area contributed by atoms with Crippen molar-refractivity contribution in [1.82, 2.24) is 5.43 Å². The highest BCUT2D eigenvalue weighted by atomic mass is 35.5. The van der Waals surface area contributed by atoms with Crippen LogP contribution < -0.4 is 9.73 Å². The third-order valence-electron chi connectivity index (χ3n) is 5.18. The first-order chi connectivity index (χ1) is 14.7. The lowest BCUT2D eigenvalue weighted by molar-refractivity contribution is -0.119. The molecule has 1 aliphatic rings. The summed E-state index contributed by atoms with van der Waals surface area (Å²) in [7, 11) is -3.73. The minimum atomic E-state index is -3.73. The van der Waals surface area contributed by atoms with Crippen LogP contribution in [0.15, 0.2) is 53.6 Å². The second-order valence-electron chi connectivity index (χ2n) is 7.31. The van der Waals surface area contributed by atoms with E-state index in [4.69, 9.17) is 23.2 Å². The molecule has 9 heteroatoms. The van der Waals surface area contributed by atoms with Crippen molar-refractivity contribution in [1.29, 1.82) is 0 Å². The number of nitrogens with one attached hydrogen (secondary N) is 1. The van der Waals surface area contributed by atoms with E-state index < -0.39 is 22.5 Å². The fourth-order valence-electron chi connectivity index (χ4n) is 3.76. The fourth-order valence-corrected chi connectivity index (χ4v) is 4.90. The molecule has 0 aliphatic heterocycles. The maximum atomic E-state index is 12.4. The average molecular weight is 476 g/mol.